The average Bonchev–Trinajstić information content (AvgIpc) is 2.38. The van der Waals surface area contributed by atoms with Crippen LogP contribution < -0.4 is 5.32 Å². The normalized spacial score (nSPS) is 12.1. The van der Waals surface area contributed by atoms with Crippen LogP contribution in [0.1, 0.15) is 11.6 Å². The van der Waals surface area contributed by atoms with Gasteiger partial charge in [-0.15, -0.1) is 0 Å². The number of halogens is 1. The van der Waals surface area contributed by atoms with Crippen LogP contribution in [0.5, 0.6) is 0 Å². The summed E-state index contributed by atoms with van der Waals surface area (Å²) in [5.41, 5.74) is 0.819. The van der Waals surface area contributed by atoms with E-state index in [4.69, 9.17) is 0 Å². The second-order valence-corrected chi connectivity index (χ2v) is 3.65. The summed E-state index contributed by atoms with van der Waals surface area (Å²) in [6.07, 6.45) is 1.67. The van der Waals surface area contributed by atoms with E-state index < -0.39 is 0 Å². The summed E-state index contributed by atoms with van der Waals surface area (Å²) in [7, 11) is 0. The van der Waals surface area contributed by atoms with Crippen LogP contribution in [0, 0.1) is 5.82 Å². The Balaban J connectivity index is 2.14. The number of anilines is 1. The van der Waals surface area contributed by atoms with E-state index in [9.17, 15) is 9.50 Å². The third-order valence-corrected chi connectivity index (χ3v) is 2.44. The number of aromatic nitrogens is 1. The van der Waals surface area contributed by atoms with Crippen molar-refractivity contribution in [2.45, 2.75) is 6.04 Å². The van der Waals surface area contributed by atoms with Gasteiger partial charge in [-0.25, -0.2) is 9.37 Å². The number of rotatable bonds is 4. The van der Waals surface area contributed by atoms with Crippen molar-refractivity contribution in [1.29, 1.82) is 0 Å². The number of aliphatic hydroxyl groups excluding tert-OH is 1. The number of hydrogen-bond donors (Lipinski definition) is 2. The van der Waals surface area contributed by atoms with Gasteiger partial charge in [0.1, 0.15) is 11.6 Å². The molecule has 0 aliphatic rings. The fourth-order valence-electron chi connectivity index (χ4n) is 1.56. The first-order valence-corrected chi connectivity index (χ1v) is 5.33. The van der Waals surface area contributed by atoms with Crippen LogP contribution in [0.25, 0.3) is 0 Å². The number of hydrogen-bond acceptors (Lipinski definition) is 3. The topological polar surface area (TPSA) is 45.1 Å². The summed E-state index contributed by atoms with van der Waals surface area (Å²) in [5, 5.41) is 12.4. The molecule has 0 fully saturated rings. The Labute approximate surface area is 98.9 Å². The second kappa shape index (κ2) is 5.41. The van der Waals surface area contributed by atoms with Gasteiger partial charge in [-0.3, -0.25) is 0 Å². The van der Waals surface area contributed by atoms with E-state index in [1.165, 1.54) is 12.1 Å². The van der Waals surface area contributed by atoms with Crippen molar-refractivity contribution in [2.24, 2.45) is 0 Å². The summed E-state index contributed by atoms with van der Waals surface area (Å²) < 4.78 is 12.8. The van der Waals surface area contributed by atoms with Gasteiger partial charge in [0.15, 0.2) is 0 Å². The quantitative estimate of drug-likeness (QED) is 0.850. The fraction of sp³-hybridized carbons (Fsp3) is 0.154. The van der Waals surface area contributed by atoms with Crippen LogP contribution in [0.3, 0.4) is 0 Å². The molecule has 0 bridgehead atoms. The van der Waals surface area contributed by atoms with E-state index in [1.807, 2.05) is 18.2 Å². The molecule has 4 heteroatoms. The predicted molar refractivity (Wildman–Crippen MR) is 64.1 cm³/mol. The number of nitrogens with one attached hydrogen (secondary N) is 1. The van der Waals surface area contributed by atoms with E-state index >= 15 is 0 Å². The fourth-order valence-corrected chi connectivity index (χ4v) is 1.56. The molecule has 0 spiro atoms. The highest BCUT2D eigenvalue weighted by molar-refractivity contribution is 5.37. The number of benzene rings is 1. The maximum atomic E-state index is 12.8. The molecular formula is C13H13FN2O. The van der Waals surface area contributed by atoms with E-state index in [0.29, 0.717) is 5.82 Å². The standard InChI is InChI=1S/C13H13FN2O/c14-11-6-4-10(5-7-11)12(9-17)16-13-3-1-2-8-15-13/h1-8,12,17H,9H2,(H,15,16)/t12-/m1/s1. The zero-order valence-electron chi connectivity index (χ0n) is 9.18. The minimum Gasteiger partial charge on any atom is -0.394 e. The summed E-state index contributed by atoms with van der Waals surface area (Å²) in [5.74, 6) is 0.388. The lowest BCUT2D eigenvalue weighted by molar-refractivity contribution is 0.276. The van der Waals surface area contributed by atoms with Crippen LogP contribution in [-0.4, -0.2) is 16.7 Å². The van der Waals surface area contributed by atoms with Crippen molar-refractivity contribution in [3.05, 3.63) is 60.0 Å². The Hall–Kier alpha value is -1.94. The van der Waals surface area contributed by atoms with E-state index in [2.05, 4.69) is 10.3 Å². The number of nitrogens with zero attached hydrogens (tertiary/aromatic N) is 1. The van der Waals surface area contributed by atoms with Gasteiger partial charge in [0, 0.05) is 6.20 Å². The van der Waals surface area contributed by atoms with Gasteiger partial charge < -0.3 is 10.4 Å². The Kier molecular flexibility index (Phi) is 3.67. The molecule has 0 unspecified atom stereocenters. The van der Waals surface area contributed by atoms with Gasteiger partial charge in [0.05, 0.1) is 12.6 Å². The van der Waals surface area contributed by atoms with Gasteiger partial charge >= 0.3 is 0 Å². The summed E-state index contributed by atoms with van der Waals surface area (Å²) in [6, 6.07) is 11.2. The van der Waals surface area contributed by atoms with Crippen molar-refractivity contribution >= 4 is 5.82 Å². The predicted octanol–water partition coefficient (Wildman–Crippen LogP) is 2.37. The monoisotopic (exact) mass is 232 g/mol. The first-order chi connectivity index (χ1) is 8.29. The molecule has 17 heavy (non-hydrogen) atoms. The molecule has 3 nitrogen and oxygen atoms in total. The van der Waals surface area contributed by atoms with Crippen molar-refractivity contribution in [1.82, 2.24) is 4.98 Å². The molecule has 1 atom stereocenters. The lowest BCUT2D eigenvalue weighted by atomic mass is 10.1. The van der Waals surface area contributed by atoms with Gasteiger partial charge in [-0.05, 0) is 29.8 Å². The highest BCUT2D eigenvalue weighted by Crippen LogP contribution is 2.17. The lowest BCUT2D eigenvalue weighted by Crippen LogP contribution is -2.15. The Morgan fingerprint density at radius 2 is 1.94 bits per heavy atom. The molecule has 1 aromatic carbocycles. The molecule has 0 radical (unpaired) electrons. The van der Waals surface area contributed by atoms with Crippen LogP contribution >= 0.6 is 0 Å². The molecule has 1 aromatic heterocycles. The lowest BCUT2D eigenvalue weighted by Gasteiger charge is -2.17. The molecule has 0 saturated heterocycles. The highest BCUT2D eigenvalue weighted by atomic mass is 19.1. The molecular weight excluding hydrogens is 219 g/mol. The highest BCUT2D eigenvalue weighted by Gasteiger charge is 2.10. The minimum absolute atomic E-state index is 0.0811. The molecule has 2 aromatic rings. The zero-order valence-corrected chi connectivity index (χ0v) is 9.18. The maximum absolute atomic E-state index is 12.8. The van der Waals surface area contributed by atoms with Gasteiger partial charge in [-0.1, -0.05) is 18.2 Å². The first kappa shape index (κ1) is 11.5. The summed E-state index contributed by atoms with van der Waals surface area (Å²) in [6.45, 7) is -0.0811. The molecule has 0 saturated carbocycles. The summed E-state index contributed by atoms with van der Waals surface area (Å²) in [4.78, 5) is 4.11. The van der Waals surface area contributed by atoms with Gasteiger partial charge in [0.2, 0.25) is 0 Å². The number of aliphatic hydroxyl groups is 1. The van der Waals surface area contributed by atoms with Crippen molar-refractivity contribution in [3.8, 4) is 0 Å². The van der Waals surface area contributed by atoms with Crippen LogP contribution in [-0.2, 0) is 0 Å². The van der Waals surface area contributed by atoms with Crippen LogP contribution in [0.15, 0.2) is 48.7 Å². The first-order valence-electron chi connectivity index (χ1n) is 5.33. The number of pyridine rings is 1. The third kappa shape index (κ3) is 3.01. The molecule has 0 amide bonds. The molecule has 2 rings (SSSR count). The van der Waals surface area contributed by atoms with Crippen molar-refractivity contribution < 1.29 is 9.50 Å². The molecule has 1 heterocycles. The molecule has 0 aliphatic carbocycles. The van der Waals surface area contributed by atoms with Crippen molar-refractivity contribution in [2.75, 3.05) is 11.9 Å². The van der Waals surface area contributed by atoms with Crippen LogP contribution in [0.2, 0.25) is 0 Å². The average molecular weight is 232 g/mol. The van der Waals surface area contributed by atoms with Gasteiger partial charge in [-0.2, -0.15) is 0 Å². The van der Waals surface area contributed by atoms with E-state index in [0.717, 1.165) is 5.56 Å². The second-order valence-electron chi connectivity index (χ2n) is 3.65. The van der Waals surface area contributed by atoms with Crippen molar-refractivity contribution in [3.63, 3.8) is 0 Å². The van der Waals surface area contributed by atoms with Crippen LogP contribution in [0.4, 0.5) is 10.2 Å². The molecule has 88 valence electrons. The zero-order chi connectivity index (χ0) is 12.1. The van der Waals surface area contributed by atoms with E-state index in [1.54, 1.807) is 18.3 Å². The molecule has 0 aliphatic heterocycles. The SMILES string of the molecule is OC[C@@H](Nc1ccccn1)c1ccc(F)cc1. The third-order valence-electron chi connectivity index (χ3n) is 2.44. The minimum atomic E-state index is -0.289. The Morgan fingerprint density at radius 3 is 2.53 bits per heavy atom. The Morgan fingerprint density at radius 1 is 1.18 bits per heavy atom. The summed E-state index contributed by atoms with van der Waals surface area (Å²) >= 11 is 0. The Bertz CT molecular complexity index is 459. The maximum Gasteiger partial charge on any atom is 0.126 e. The van der Waals surface area contributed by atoms with E-state index in [-0.39, 0.29) is 18.5 Å². The molecule has 2 N–H and O–H groups in total. The smallest absolute Gasteiger partial charge is 0.126 e. The van der Waals surface area contributed by atoms with Gasteiger partial charge in [0.25, 0.3) is 0 Å². The largest absolute Gasteiger partial charge is 0.394 e.